The number of benzene rings is 1. The quantitative estimate of drug-likeness (QED) is 0.715. The molecule has 2 aliphatic rings. The van der Waals surface area contributed by atoms with Crippen molar-refractivity contribution in [2.24, 2.45) is 0 Å². The normalized spacial score (nSPS) is 29.2. The van der Waals surface area contributed by atoms with Gasteiger partial charge < -0.3 is 10.7 Å². The predicted molar refractivity (Wildman–Crippen MR) is 78.8 cm³/mol. The van der Waals surface area contributed by atoms with E-state index in [0.717, 1.165) is 32.6 Å². The molecule has 0 aromatic heterocycles. The smallest absolute Gasteiger partial charge is 0.0999 e. The van der Waals surface area contributed by atoms with Crippen LogP contribution in [0.5, 0.6) is 0 Å². The molecule has 0 saturated carbocycles. The summed E-state index contributed by atoms with van der Waals surface area (Å²) in [6.07, 6.45) is 2.71. The molecule has 2 saturated heterocycles. The van der Waals surface area contributed by atoms with E-state index in [2.05, 4.69) is 40.0 Å². The molecular formula is C15H22N4O. The van der Waals surface area contributed by atoms with Crippen LogP contribution in [0.4, 0.5) is 0 Å². The lowest BCUT2D eigenvalue weighted by Crippen LogP contribution is -2.55. The minimum Gasteiger partial charge on any atom is -0.314 e. The van der Waals surface area contributed by atoms with Crippen LogP contribution in [-0.2, 0) is 4.84 Å². The van der Waals surface area contributed by atoms with Gasteiger partial charge in [-0.05, 0) is 12.0 Å². The van der Waals surface area contributed by atoms with Crippen LogP contribution >= 0.6 is 0 Å². The number of hydrogen-bond donors (Lipinski definition) is 3. The zero-order valence-corrected chi connectivity index (χ0v) is 11.6. The number of rotatable bonds is 4. The van der Waals surface area contributed by atoms with Gasteiger partial charge in [0, 0.05) is 32.4 Å². The number of nitrogens with zero attached hydrogens (tertiary/aromatic N) is 1. The molecule has 5 heteroatoms. The Bertz CT molecular complexity index is 433. The summed E-state index contributed by atoms with van der Waals surface area (Å²) in [5.74, 6) is 0. The van der Waals surface area contributed by atoms with Gasteiger partial charge in [0.15, 0.2) is 0 Å². The van der Waals surface area contributed by atoms with Crippen molar-refractivity contribution < 1.29 is 4.84 Å². The summed E-state index contributed by atoms with van der Waals surface area (Å²) in [7, 11) is 0. The van der Waals surface area contributed by atoms with Crippen LogP contribution in [0, 0.1) is 5.41 Å². The van der Waals surface area contributed by atoms with E-state index in [9.17, 15) is 0 Å². The first-order valence-corrected chi connectivity index (χ1v) is 7.30. The molecule has 2 fully saturated rings. The van der Waals surface area contributed by atoms with Crippen LogP contribution in [0.3, 0.4) is 0 Å². The van der Waals surface area contributed by atoms with Gasteiger partial charge in [-0.1, -0.05) is 30.3 Å². The molecule has 0 aliphatic carbocycles. The summed E-state index contributed by atoms with van der Waals surface area (Å²) in [6.45, 7) is 3.65. The molecule has 5 nitrogen and oxygen atoms in total. The van der Waals surface area contributed by atoms with Gasteiger partial charge in [0.25, 0.3) is 0 Å². The summed E-state index contributed by atoms with van der Waals surface area (Å²) in [5.41, 5.74) is 4.27. The van der Waals surface area contributed by atoms with E-state index in [1.807, 2.05) is 6.07 Å². The van der Waals surface area contributed by atoms with E-state index < -0.39 is 0 Å². The fourth-order valence-electron chi connectivity index (χ4n) is 3.16. The average Bonchev–Trinajstić information content (AvgIpc) is 3.03. The summed E-state index contributed by atoms with van der Waals surface area (Å²) in [6, 6.07) is 10.9. The van der Waals surface area contributed by atoms with Gasteiger partial charge in [-0.25, -0.2) is 5.48 Å². The zero-order chi connectivity index (χ0) is 13.8. The third-order valence-electron chi connectivity index (χ3n) is 4.13. The Morgan fingerprint density at radius 2 is 2.15 bits per heavy atom. The Morgan fingerprint density at radius 3 is 2.85 bits per heavy atom. The van der Waals surface area contributed by atoms with Crippen molar-refractivity contribution in [1.82, 2.24) is 15.7 Å². The van der Waals surface area contributed by atoms with Crippen molar-refractivity contribution in [2.45, 2.75) is 24.6 Å². The highest BCUT2D eigenvalue weighted by Gasteiger charge is 2.36. The highest BCUT2D eigenvalue weighted by molar-refractivity contribution is 5.61. The molecule has 3 N–H and O–H groups in total. The van der Waals surface area contributed by atoms with E-state index in [4.69, 9.17) is 10.2 Å². The van der Waals surface area contributed by atoms with E-state index in [1.165, 1.54) is 5.56 Å². The van der Waals surface area contributed by atoms with Gasteiger partial charge in [0.05, 0.1) is 18.2 Å². The Balaban J connectivity index is 1.89. The van der Waals surface area contributed by atoms with E-state index >= 15 is 0 Å². The van der Waals surface area contributed by atoms with Crippen molar-refractivity contribution in [3.63, 3.8) is 0 Å². The maximum atomic E-state index is 7.69. The third kappa shape index (κ3) is 2.76. The van der Waals surface area contributed by atoms with Crippen molar-refractivity contribution >= 4 is 6.21 Å². The van der Waals surface area contributed by atoms with Crippen molar-refractivity contribution in [3.8, 4) is 0 Å². The van der Waals surface area contributed by atoms with Crippen LogP contribution in [0.1, 0.15) is 18.0 Å². The fourth-order valence-corrected chi connectivity index (χ4v) is 3.16. The maximum absolute atomic E-state index is 7.69. The Labute approximate surface area is 119 Å². The third-order valence-corrected chi connectivity index (χ3v) is 4.13. The van der Waals surface area contributed by atoms with Crippen molar-refractivity contribution in [3.05, 3.63) is 35.9 Å². The van der Waals surface area contributed by atoms with Crippen LogP contribution in [0.15, 0.2) is 30.3 Å². The van der Waals surface area contributed by atoms with E-state index in [0.29, 0.717) is 0 Å². The van der Waals surface area contributed by atoms with Gasteiger partial charge in [-0.3, -0.25) is 9.74 Å². The average molecular weight is 274 g/mol. The standard InChI is InChI=1S/C15H22N4O/c16-10-13-11-17-8-9-19(13)15(14-6-7-18-20-14)12-4-2-1-3-5-12/h1-5,10,13-18H,6-9,11H2. The molecule has 0 amide bonds. The van der Waals surface area contributed by atoms with Gasteiger partial charge in [-0.2, -0.15) is 0 Å². The Hall–Kier alpha value is -1.27. The minimum atomic E-state index is 0.137. The number of hydroxylamine groups is 1. The molecule has 0 spiro atoms. The largest absolute Gasteiger partial charge is 0.314 e. The van der Waals surface area contributed by atoms with E-state index in [1.54, 1.807) is 6.21 Å². The molecule has 1 aromatic rings. The molecule has 1 aromatic carbocycles. The second-order valence-corrected chi connectivity index (χ2v) is 5.37. The first-order chi connectivity index (χ1) is 9.90. The second-order valence-electron chi connectivity index (χ2n) is 5.37. The van der Waals surface area contributed by atoms with Crippen LogP contribution in [-0.4, -0.2) is 49.4 Å². The SMILES string of the molecule is N=CC1CNCCN1C(c1ccccc1)C1CCNO1. The topological polar surface area (TPSA) is 60.4 Å². The number of hydrogen-bond acceptors (Lipinski definition) is 5. The summed E-state index contributed by atoms with van der Waals surface area (Å²) in [5, 5.41) is 11.1. The first-order valence-electron chi connectivity index (χ1n) is 7.30. The lowest BCUT2D eigenvalue weighted by atomic mass is 9.95. The van der Waals surface area contributed by atoms with Gasteiger partial charge >= 0.3 is 0 Å². The lowest BCUT2D eigenvalue weighted by molar-refractivity contribution is -0.0324. The van der Waals surface area contributed by atoms with Gasteiger partial charge in [-0.15, -0.1) is 0 Å². The highest BCUT2D eigenvalue weighted by atomic mass is 16.7. The van der Waals surface area contributed by atoms with E-state index in [-0.39, 0.29) is 18.2 Å². The summed E-state index contributed by atoms with van der Waals surface area (Å²) < 4.78 is 0. The van der Waals surface area contributed by atoms with Crippen LogP contribution in [0.25, 0.3) is 0 Å². The van der Waals surface area contributed by atoms with Crippen molar-refractivity contribution in [1.29, 1.82) is 5.41 Å². The summed E-state index contributed by atoms with van der Waals surface area (Å²) >= 11 is 0. The maximum Gasteiger partial charge on any atom is 0.0999 e. The number of piperazine rings is 1. The predicted octanol–water partition coefficient (Wildman–Crippen LogP) is 0.945. The molecule has 2 heterocycles. The number of nitrogens with one attached hydrogen (secondary N) is 3. The minimum absolute atomic E-state index is 0.137. The fraction of sp³-hybridized carbons (Fsp3) is 0.533. The Kier molecular flexibility index (Phi) is 4.42. The molecule has 108 valence electrons. The molecule has 3 rings (SSSR count). The van der Waals surface area contributed by atoms with Crippen LogP contribution < -0.4 is 10.8 Å². The monoisotopic (exact) mass is 274 g/mol. The molecule has 0 radical (unpaired) electrons. The Morgan fingerprint density at radius 1 is 1.30 bits per heavy atom. The summed E-state index contributed by atoms with van der Waals surface area (Å²) in [4.78, 5) is 8.13. The van der Waals surface area contributed by atoms with Crippen molar-refractivity contribution in [2.75, 3.05) is 26.2 Å². The zero-order valence-electron chi connectivity index (χ0n) is 11.6. The molecule has 2 aliphatic heterocycles. The second kappa shape index (κ2) is 6.45. The lowest BCUT2D eigenvalue weighted by Gasteiger charge is -2.41. The molecular weight excluding hydrogens is 252 g/mol. The molecule has 3 unspecified atom stereocenters. The van der Waals surface area contributed by atoms with Crippen LogP contribution in [0.2, 0.25) is 0 Å². The molecule has 3 atom stereocenters. The molecule has 20 heavy (non-hydrogen) atoms. The molecule has 0 bridgehead atoms. The van der Waals surface area contributed by atoms with Gasteiger partial charge in [0.2, 0.25) is 0 Å². The highest BCUT2D eigenvalue weighted by Crippen LogP contribution is 2.31. The first kappa shape index (κ1) is 13.7. The van der Waals surface area contributed by atoms with Gasteiger partial charge in [0.1, 0.15) is 0 Å².